The van der Waals surface area contributed by atoms with E-state index in [0.29, 0.717) is 17.0 Å². The van der Waals surface area contributed by atoms with Crippen LogP contribution in [0.3, 0.4) is 0 Å². The average Bonchev–Trinajstić information content (AvgIpc) is 3.05. The molecule has 0 radical (unpaired) electrons. The Morgan fingerprint density at radius 3 is 2.62 bits per heavy atom. The Labute approximate surface area is 149 Å². The molecule has 1 saturated carbocycles. The predicted molar refractivity (Wildman–Crippen MR) is 96.1 cm³/mol. The highest BCUT2D eigenvalue weighted by molar-refractivity contribution is 6.29. The molecule has 5 heteroatoms. The smallest absolute Gasteiger partial charge is 0.258 e. The third kappa shape index (κ3) is 4.35. The molecule has 0 amide bonds. The SMILES string of the molecule is CCCCCC1CCC(c2noc(-c3cc(C)nc(Cl)c3)n2)CC1. The largest absolute Gasteiger partial charge is 0.334 e. The lowest BCUT2D eigenvalue weighted by Crippen LogP contribution is -2.14. The third-order valence-electron chi connectivity index (χ3n) is 5.04. The molecule has 0 N–H and O–H groups in total. The van der Waals surface area contributed by atoms with E-state index in [1.54, 1.807) is 6.07 Å². The second-order valence-electron chi connectivity index (χ2n) is 6.99. The fourth-order valence-corrected chi connectivity index (χ4v) is 3.91. The van der Waals surface area contributed by atoms with Gasteiger partial charge in [-0.25, -0.2) is 4.98 Å². The molecule has 0 aromatic carbocycles. The van der Waals surface area contributed by atoms with E-state index in [0.717, 1.165) is 23.0 Å². The van der Waals surface area contributed by atoms with Gasteiger partial charge in [0.15, 0.2) is 5.82 Å². The van der Waals surface area contributed by atoms with Crippen LogP contribution in [-0.4, -0.2) is 15.1 Å². The average molecular weight is 348 g/mol. The topological polar surface area (TPSA) is 51.8 Å². The number of halogens is 1. The standard InChI is InChI=1S/C19H26ClN3O/c1-3-4-5-6-14-7-9-15(10-8-14)18-22-19(24-23-18)16-11-13(2)21-17(20)12-16/h11-12,14-15H,3-10H2,1-2H3. The van der Waals surface area contributed by atoms with E-state index >= 15 is 0 Å². The van der Waals surface area contributed by atoms with Crippen LogP contribution in [-0.2, 0) is 0 Å². The highest BCUT2D eigenvalue weighted by Gasteiger charge is 2.26. The first-order valence-electron chi connectivity index (χ1n) is 9.14. The molecule has 2 aromatic rings. The van der Waals surface area contributed by atoms with E-state index in [-0.39, 0.29) is 0 Å². The van der Waals surface area contributed by atoms with Crippen LogP contribution in [0.2, 0.25) is 5.15 Å². The molecule has 130 valence electrons. The summed E-state index contributed by atoms with van der Waals surface area (Å²) in [5, 5.41) is 4.68. The summed E-state index contributed by atoms with van der Waals surface area (Å²) in [6.07, 6.45) is 10.4. The van der Waals surface area contributed by atoms with Crippen molar-refractivity contribution in [2.75, 3.05) is 0 Å². The van der Waals surface area contributed by atoms with Crippen molar-refractivity contribution in [3.8, 4) is 11.5 Å². The second kappa shape index (κ2) is 8.11. The van der Waals surface area contributed by atoms with Crippen molar-refractivity contribution in [2.24, 2.45) is 5.92 Å². The van der Waals surface area contributed by atoms with Gasteiger partial charge in [-0.3, -0.25) is 0 Å². The minimum absolute atomic E-state index is 0.434. The minimum Gasteiger partial charge on any atom is -0.334 e. The lowest BCUT2D eigenvalue weighted by molar-refractivity contribution is 0.292. The molecule has 0 bridgehead atoms. The van der Waals surface area contributed by atoms with Gasteiger partial charge in [-0.1, -0.05) is 49.4 Å². The number of pyridine rings is 1. The zero-order valence-electron chi connectivity index (χ0n) is 14.6. The molecule has 4 nitrogen and oxygen atoms in total. The zero-order valence-corrected chi connectivity index (χ0v) is 15.4. The van der Waals surface area contributed by atoms with Crippen LogP contribution in [0, 0.1) is 12.8 Å². The summed E-state index contributed by atoms with van der Waals surface area (Å²) in [5.74, 6) is 2.72. The minimum atomic E-state index is 0.434. The zero-order chi connectivity index (χ0) is 16.9. The normalized spacial score (nSPS) is 21.1. The van der Waals surface area contributed by atoms with Gasteiger partial charge in [0, 0.05) is 17.2 Å². The fourth-order valence-electron chi connectivity index (χ4n) is 3.66. The first kappa shape index (κ1) is 17.4. The van der Waals surface area contributed by atoms with Crippen molar-refractivity contribution in [2.45, 2.75) is 71.1 Å². The van der Waals surface area contributed by atoms with Crippen LogP contribution in [0.1, 0.15) is 75.7 Å². The highest BCUT2D eigenvalue weighted by atomic mass is 35.5. The number of hydrogen-bond acceptors (Lipinski definition) is 4. The number of nitrogens with zero attached hydrogens (tertiary/aromatic N) is 3. The number of aromatic nitrogens is 3. The molecular weight excluding hydrogens is 322 g/mol. The van der Waals surface area contributed by atoms with Gasteiger partial charge in [0.1, 0.15) is 5.15 Å². The molecule has 1 aliphatic carbocycles. The predicted octanol–water partition coefficient (Wildman–Crippen LogP) is 5.95. The van der Waals surface area contributed by atoms with Crippen molar-refractivity contribution in [1.29, 1.82) is 0 Å². The van der Waals surface area contributed by atoms with Gasteiger partial charge in [0.25, 0.3) is 5.89 Å². The number of hydrogen-bond donors (Lipinski definition) is 0. The van der Waals surface area contributed by atoms with Crippen molar-refractivity contribution >= 4 is 11.6 Å². The van der Waals surface area contributed by atoms with Gasteiger partial charge < -0.3 is 4.52 Å². The van der Waals surface area contributed by atoms with Gasteiger partial charge >= 0.3 is 0 Å². The molecular formula is C19H26ClN3O. The summed E-state index contributed by atoms with van der Waals surface area (Å²) < 4.78 is 5.47. The number of unbranched alkanes of at least 4 members (excludes halogenated alkanes) is 2. The van der Waals surface area contributed by atoms with Crippen LogP contribution in [0.15, 0.2) is 16.7 Å². The van der Waals surface area contributed by atoms with Crippen LogP contribution in [0.25, 0.3) is 11.5 Å². The van der Waals surface area contributed by atoms with Crippen LogP contribution in [0.4, 0.5) is 0 Å². The van der Waals surface area contributed by atoms with Crippen molar-refractivity contribution < 1.29 is 4.52 Å². The van der Waals surface area contributed by atoms with Crippen LogP contribution < -0.4 is 0 Å². The Hall–Kier alpha value is -1.42. The molecule has 1 aliphatic rings. The van der Waals surface area contributed by atoms with Crippen molar-refractivity contribution in [1.82, 2.24) is 15.1 Å². The number of aryl methyl sites for hydroxylation is 1. The monoisotopic (exact) mass is 347 g/mol. The first-order valence-corrected chi connectivity index (χ1v) is 9.51. The summed E-state index contributed by atoms with van der Waals surface area (Å²) in [6.45, 7) is 4.18. The molecule has 2 heterocycles. The first-order chi connectivity index (χ1) is 11.7. The summed E-state index contributed by atoms with van der Waals surface area (Å²) in [7, 11) is 0. The van der Waals surface area contributed by atoms with Gasteiger partial charge in [-0.05, 0) is 50.7 Å². The van der Waals surface area contributed by atoms with E-state index in [1.165, 1.54) is 51.4 Å². The maximum Gasteiger partial charge on any atom is 0.258 e. The highest BCUT2D eigenvalue weighted by Crippen LogP contribution is 2.37. The van der Waals surface area contributed by atoms with E-state index < -0.39 is 0 Å². The van der Waals surface area contributed by atoms with Gasteiger partial charge in [0.2, 0.25) is 0 Å². The number of rotatable bonds is 6. The Kier molecular flexibility index (Phi) is 5.88. The van der Waals surface area contributed by atoms with E-state index in [2.05, 4.69) is 22.0 Å². The summed E-state index contributed by atoms with van der Waals surface area (Å²) in [4.78, 5) is 8.79. The van der Waals surface area contributed by atoms with E-state index in [9.17, 15) is 0 Å². The molecule has 3 rings (SSSR count). The maximum atomic E-state index is 6.02. The van der Waals surface area contributed by atoms with Gasteiger partial charge in [-0.15, -0.1) is 0 Å². The Balaban J connectivity index is 1.60. The maximum absolute atomic E-state index is 6.02. The van der Waals surface area contributed by atoms with Gasteiger partial charge in [-0.2, -0.15) is 4.98 Å². The lowest BCUT2D eigenvalue weighted by atomic mass is 9.79. The molecule has 0 aliphatic heterocycles. The Morgan fingerprint density at radius 1 is 1.12 bits per heavy atom. The molecule has 24 heavy (non-hydrogen) atoms. The quantitative estimate of drug-likeness (QED) is 0.478. The Bertz CT molecular complexity index is 642. The molecule has 0 saturated heterocycles. The lowest BCUT2D eigenvalue weighted by Gasteiger charge is -2.26. The van der Waals surface area contributed by atoms with Crippen LogP contribution >= 0.6 is 11.6 Å². The fraction of sp³-hybridized carbons (Fsp3) is 0.632. The molecule has 0 spiro atoms. The molecule has 0 unspecified atom stereocenters. The molecule has 1 fully saturated rings. The third-order valence-corrected chi connectivity index (χ3v) is 5.23. The molecule has 2 aromatic heterocycles. The Morgan fingerprint density at radius 2 is 1.92 bits per heavy atom. The molecule has 0 atom stereocenters. The van der Waals surface area contributed by atoms with E-state index in [1.807, 2.05) is 13.0 Å². The summed E-state index contributed by atoms with van der Waals surface area (Å²) in [6, 6.07) is 3.70. The van der Waals surface area contributed by atoms with Crippen LogP contribution in [0.5, 0.6) is 0 Å². The van der Waals surface area contributed by atoms with E-state index in [4.69, 9.17) is 16.1 Å². The summed E-state index contributed by atoms with van der Waals surface area (Å²) in [5.41, 5.74) is 1.70. The van der Waals surface area contributed by atoms with Crippen molar-refractivity contribution in [3.63, 3.8) is 0 Å². The van der Waals surface area contributed by atoms with Gasteiger partial charge in [0.05, 0.1) is 0 Å². The van der Waals surface area contributed by atoms with Crippen molar-refractivity contribution in [3.05, 3.63) is 28.8 Å². The second-order valence-corrected chi connectivity index (χ2v) is 7.38. The summed E-state index contributed by atoms with van der Waals surface area (Å²) >= 11 is 6.02.